The molecule has 0 bridgehead atoms. The van der Waals surface area contributed by atoms with Crippen molar-refractivity contribution in [3.8, 4) is 5.75 Å². The van der Waals surface area contributed by atoms with Crippen molar-refractivity contribution in [3.05, 3.63) is 59.2 Å². The van der Waals surface area contributed by atoms with Crippen LogP contribution in [0.15, 0.2) is 52.4 Å². The quantitative estimate of drug-likeness (QED) is 0.469. The summed E-state index contributed by atoms with van der Waals surface area (Å²) in [5, 5.41) is 6.59. The first-order valence-corrected chi connectivity index (χ1v) is 12.2. The lowest BCUT2D eigenvalue weighted by atomic mass is 10.1. The van der Waals surface area contributed by atoms with E-state index in [0.717, 1.165) is 42.3 Å². The third kappa shape index (κ3) is 7.71. The molecule has 2 aromatic rings. The number of rotatable bonds is 9. The minimum Gasteiger partial charge on any atom is -0.491 e. The summed E-state index contributed by atoms with van der Waals surface area (Å²) in [6, 6.07) is 13.5. The summed E-state index contributed by atoms with van der Waals surface area (Å²) in [6.07, 6.45) is 2.27. The van der Waals surface area contributed by atoms with E-state index in [1.807, 2.05) is 52.0 Å². The van der Waals surface area contributed by atoms with Gasteiger partial charge in [0.2, 0.25) is 0 Å². The number of hydrogen-bond donors (Lipinski definition) is 2. The Morgan fingerprint density at radius 2 is 1.73 bits per heavy atom. The molecule has 30 heavy (non-hydrogen) atoms. The van der Waals surface area contributed by atoms with E-state index in [4.69, 9.17) is 4.74 Å². The van der Waals surface area contributed by atoms with Gasteiger partial charge in [0, 0.05) is 19.3 Å². The number of hydrogen-bond acceptors (Lipinski definition) is 4. The SMILES string of the molecule is CCNC(=NCc1ccc(S(C)(=O)=O)c(C)c1)NCCc1ccc(OC(C)C)cc1. The van der Waals surface area contributed by atoms with Crippen molar-refractivity contribution >= 4 is 15.8 Å². The molecule has 0 saturated heterocycles. The smallest absolute Gasteiger partial charge is 0.191 e. The normalized spacial score (nSPS) is 12.1. The highest BCUT2D eigenvalue weighted by molar-refractivity contribution is 7.90. The molecular weight excluding hydrogens is 398 g/mol. The summed E-state index contributed by atoms with van der Waals surface area (Å²) in [5.41, 5.74) is 2.94. The highest BCUT2D eigenvalue weighted by atomic mass is 32.2. The molecule has 2 N–H and O–H groups in total. The second-order valence-corrected chi connectivity index (χ2v) is 9.54. The van der Waals surface area contributed by atoms with Crippen molar-refractivity contribution in [1.29, 1.82) is 0 Å². The summed E-state index contributed by atoms with van der Waals surface area (Å²) in [4.78, 5) is 4.99. The van der Waals surface area contributed by atoms with Gasteiger partial charge in [0.25, 0.3) is 0 Å². The highest BCUT2D eigenvalue weighted by Gasteiger charge is 2.10. The molecule has 2 rings (SSSR count). The molecule has 6 nitrogen and oxygen atoms in total. The molecule has 0 aliphatic heterocycles. The van der Waals surface area contributed by atoms with Crippen LogP contribution in [0.5, 0.6) is 5.75 Å². The van der Waals surface area contributed by atoms with Gasteiger partial charge in [-0.05, 0) is 69.0 Å². The van der Waals surface area contributed by atoms with Gasteiger partial charge in [-0.1, -0.05) is 24.3 Å². The van der Waals surface area contributed by atoms with E-state index >= 15 is 0 Å². The number of ether oxygens (including phenoxy) is 1. The van der Waals surface area contributed by atoms with Crippen molar-refractivity contribution in [2.75, 3.05) is 19.3 Å². The predicted molar refractivity (Wildman–Crippen MR) is 123 cm³/mol. The first kappa shape index (κ1) is 23.7. The monoisotopic (exact) mass is 431 g/mol. The molecule has 164 valence electrons. The van der Waals surface area contributed by atoms with E-state index in [9.17, 15) is 8.42 Å². The minimum absolute atomic E-state index is 0.169. The molecule has 0 heterocycles. The van der Waals surface area contributed by atoms with Crippen LogP contribution >= 0.6 is 0 Å². The van der Waals surface area contributed by atoms with Gasteiger partial charge < -0.3 is 15.4 Å². The van der Waals surface area contributed by atoms with Crippen molar-refractivity contribution in [2.24, 2.45) is 4.99 Å². The average molecular weight is 432 g/mol. The number of nitrogens with zero attached hydrogens (tertiary/aromatic N) is 1. The number of aliphatic imine (C=N–C) groups is 1. The summed E-state index contributed by atoms with van der Waals surface area (Å²) < 4.78 is 29.2. The van der Waals surface area contributed by atoms with Crippen LogP contribution in [0.4, 0.5) is 0 Å². The minimum atomic E-state index is -3.21. The maximum absolute atomic E-state index is 11.8. The number of aryl methyl sites for hydroxylation is 1. The lowest BCUT2D eigenvalue weighted by Gasteiger charge is -2.13. The molecule has 2 aromatic carbocycles. The van der Waals surface area contributed by atoms with E-state index < -0.39 is 9.84 Å². The summed E-state index contributed by atoms with van der Waals surface area (Å²) in [7, 11) is -3.21. The van der Waals surface area contributed by atoms with Gasteiger partial charge in [0.15, 0.2) is 15.8 Å². The van der Waals surface area contributed by atoms with Gasteiger partial charge in [-0.25, -0.2) is 13.4 Å². The highest BCUT2D eigenvalue weighted by Crippen LogP contribution is 2.17. The molecule has 0 fully saturated rings. The Morgan fingerprint density at radius 1 is 1.07 bits per heavy atom. The maximum atomic E-state index is 11.8. The largest absolute Gasteiger partial charge is 0.491 e. The van der Waals surface area contributed by atoms with Crippen molar-refractivity contribution in [1.82, 2.24) is 10.6 Å². The molecule has 0 aliphatic carbocycles. The zero-order valence-electron chi connectivity index (χ0n) is 18.5. The molecule has 0 radical (unpaired) electrons. The molecular formula is C23H33N3O3S. The van der Waals surface area contributed by atoms with Gasteiger partial charge in [-0.3, -0.25) is 0 Å². The van der Waals surface area contributed by atoms with E-state index in [1.165, 1.54) is 11.8 Å². The zero-order chi connectivity index (χ0) is 22.1. The summed E-state index contributed by atoms with van der Waals surface area (Å²) >= 11 is 0. The molecule has 0 saturated carbocycles. The van der Waals surface area contributed by atoms with E-state index in [1.54, 1.807) is 6.07 Å². The van der Waals surface area contributed by atoms with E-state index in [0.29, 0.717) is 11.4 Å². The molecule has 0 aromatic heterocycles. The first-order chi connectivity index (χ1) is 14.2. The van der Waals surface area contributed by atoms with Crippen LogP contribution in [-0.4, -0.2) is 39.8 Å². The first-order valence-electron chi connectivity index (χ1n) is 10.3. The molecule has 0 atom stereocenters. The summed E-state index contributed by atoms with van der Waals surface area (Å²) in [5.74, 6) is 1.62. The summed E-state index contributed by atoms with van der Waals surface area (Å²) in [6.45, 7) is 9.85. The fourth-order valence-electron chi connectivity index (χ4n) is 3.07. The standard InChI is InChI=1S/C23H33N3O3S/c1-6-24-23(25-14-13-19-7-10-21(11-8-19)29-17(2)3)26-16-20-9-12-22(18(4)15-20)30(5,27)28/h7-12,15,17H,6,13-14,16H2,1-5H3,(H2,24,25,26). The Balaban J connectivity index is 1.94. The van der Waals surface area contributed by atoms with E-state index in [-0.39, 0.29) is 6.10 Å². The van der Waals surface area contributed by atoms with Gasteiger partial charge in [-0.15, -0.1) is 0 Å². The average Bonchev–Trinajstić information content (AvgIpc) is 2.66. The Bertz CT molecular complexity index is 952. The number of guanidine groups is 1. The Hall–Kier alpha value is -2.54. The second kappa shape index (κ2) is 11.0. The van der Waals surface area contributed by atoms with Crippen LogP contribution in [0.1, 0.15) is 37.5 Å². The third-order valence-electron chi connectivity index (χ3n) is 4.40. The molecule has 0 aliphatic rings. The molecule has 0 spiro atoms. The van der Waals surface area contributed by atoms with Gasteiger partial charge in [0.1, 0.15) is 5.75 Å². The Morgan fingerprint density at radius 3 is 2.30 bits per heavy atom. The molecule has 0 unspecified atom stereocenters. The van der Waals surface area contributed by atoms with Gasteiger partial charge in [0.05, 0.1) is 17.5 Å². The number of nitrogens with one attached hydrogen (secondary N) is 2. The Labute approximate surface area is 180 Å². The van der Waals surface area contributed by atoms with Crippen molar-refractivity contribution < 1.29 is 13.2 Å². The van der Waals surface area contributed by atoms with Crippen LogP contribution in [0, 0.1) is 6.92 Å². The lowest BCUT2D eigenvalue weighted by molar-refractivity contribution is 0.242. The van der Waals surface area contributed by atoms with Crippen LogP contribution < -0.4 is 15.4 Å². The lowest BCUT2D eigenvalue weighted by Crippen LogP contribution is -2.38. The predicted octanol–water partition coefficient (Wildman–Crippen LogP) is 3.48. The third-order valence-corrected chi connectivity index (χ3v) is 5.66. The molecule has 0 amide bonds. The van der Waals surface area contributed by atoms with Crippen LogP contribution in [0.25, 0.3) is 0 Å². The van der Waals surface area contributed by atoms with Crippen LogP contribution in [-0.2, 0) is 22.8 Å². The van der Waals surface area contributed by atoms with Crippen LogP contribution in [0.3, 0.4) is 0 Å². The van der Waals surface area contributed by atoms with Crippen LogP contribution in [0.2, 0.25) is 0 Å². The van der Waals surface area contributed by atoms with Crippen molar-refractivity contribution in [3.63, 3.8) is 0 Å². The maximum Gasteiger partial charge on any atom is 0.191 e. The number of benzene rings is 2. The second-order valence-electron chi connectivity index (χ2n) is 7.55. The fraction of sp³-hybridized carbons (Fsp3) is 0.435. The van der Waals surface area contributed by atoms with E-state index in [2.05, 4.69) is 27.8 Å². The fourth-order valence-corrected chi connectivity index (χ4v) is 4.03. The molecule has 7 heteroatoms. The Kier molecular flexibility index (Phi) is 8.72. The number of sulfone groups is 1. The topological polar surface area (TPSA) is 79.8 Å². The van der Waals surface area contributed by atoms with Crippen molar-refractivity contribution in [2.45, 2.75) is 51.7 Å². The van der Waals surface area contributed by atoms with Gasteiger partial charge in [-0.2, -0.15) is 0 Å². The van der Waals surface area contributed by atoms with Gasteiger partial charge >= 0.3 is 0 Å². The zero-order valence-corrected chi connectivity index (χ0v) is 19.3.